The predicted octanol–water partition coefficient (Wildman–Crippen LogP) is 2.58. The van der Waals surface area contributed by atoms with Gasteiger partial charge in [-0.05, 0) is 11.6 Å². The summed E-state index contributed by atoms with van der Waals surface area (Å²) in [6.45, 7) is 1.13. The predicted molar refractivity (Wildman–Crippen MR) is 82.0 cm³/mol. The van der Waals surface area contributed by atoms with Gasteiger partial charge in [-0.1, -0.05) is 30.3 Å². The molecule has 4 rings (SSSR count). The lowest BCUT2D eigenvalue weighted by atomic mass is 9.88. The molecule has 1 saturated heterocycles. The third kappa shape index (κ3) is 2.25. The molecule has 2 heterocycles. The first-order valence-electron chi connectivity index (χ1n) is 7.42. The lowest BCUT2D eigenvalue weighted by Crippen LogP contribution is -2.27. The molecule has 4 heteroatoms. The van der Waals surface area contributed by atoms with Crippen molar-refractivity contribution in [3.63, 3.8) is 0 Å². The molecule has 0 aromatic heterocycles. The number of methoxy groups -OCH3 is 1. The van der Waals surface area contributed by atoms with E-state index < -0.39 is 0 Å². The number of rotatable bonds is 3. The van der Waals surface area contributed by atoms with Gasteiger partial charge in [0.05, 0.1) is 7.11 Å². The van der Waals surface area contributed by atoms with Gasteiger partial charge in [0.15, 0.2) is 37.3 Å². The fourth-order valence-corrected chi connectivity index (χ4v) is 3.11. The highest BCUT2D eigenvalue weighted by Gasteiger charge is 2.38. The van der Waals surface area contributed by atoms with Crippen LogP contribution in [0.5, 0.6) is 0 Å². The molecule has 22 heavy (non-hydrogen) atoms. The smallest absolute Gasteiger partial charge is 0.190 e. The number of hydrogen-bond donors (Lipinski definition) is 0. The maximum Gasteiger partial charge on any atom is 0.190 e. The topological polar surface area (TPSA) is 30.7 Å². The molecule has 0 saturated carbocycles. The van der Waals surface area contributed by atoms with Gasteiger partial charge in [-0.15, -0.1) is 0 Å². The molecule has 0 unspecified atom stereocenters. The maximum atomic E-state index is 5.62. The number of benzene rings is 1. The van der Waals surface area contributed by atoms with Crippen LogP contribution in [0.1, 0.15) is 5.56 Å². The van der Waals surface area contributed by atoms with Crippen molar-refractivity contribution >= 4 is 6.21 Å². The van der Waals surface area contributed by atoms with Gasteiger partial charge in [-0.25, -0.2) is 4.58 Å². The zero-order valence-corrected chi connectivity index (χ0v) is 12.4. The van der Waals surface area contributed by atoms with E-state index in [1.165, 1.54) is 11.1 Å². The minimum Gasteiger partial charge on any atom is -0.496 e. The van der Waals surface area contributed by atoms with E-state index in [4.69, 9.17) is 14.2 Å². The number of fused-ring (bicyclic) bond motifs is 2. The Bertz CT molecular complexity index is 700. The normalized spacial score (nSPS) is 25.9. The van der Waals surface area contributed by atoms with Crippen LogP contribution in [0.15, 0.2) is 65.8 Å². The Hall–Kier alpha value is -2.33. The SMILES string of the molecule is COC1=C2OCO[C@@H]2C=C2C=C[N+](Cc3ccccc3)=C[C@H]21. The summed E-state index contributed by atoms with van der Waals surface area (Å²) in [5.41, 5.74) is 2.47. The molecule has 0 bridgehead atoms. The van der Waals surface area contributed by atoms with Crippen molar-refractivity contribution in [2.45, 2.75) is 12.6 Å². The summed E-state index contributed by atoms with van der Waals surface area (Å²) in [6.07, 6.45) is 8.42. The lowest BCUT2D eigenvalue weighted by Gasteiger charge is -2.24. The molecule has 1 aliphatic carbocycles. The first-order valence-corrected chi connectivity index (χ1v) is 7.42. The van der Waals surface area contributed by atoms with Gasteiger partial charge in [0.2, 0.25) is 0 Å². The van der Waals surface area contributed by atoms with E-state index in [-0.39, 0.29) is 12.0 Å². The van der Waals surface area contributed by atoms with E-state index in [0.717, 1.165) is 18.1 Å². The third-order valence-corrected chi connectivity index (χ3v) is 4.18. The highest BCUT2D eigenvalue weighted by molar-refractivity contribution is 5.69. The van der Waals surface area contributed by atoms with Crippen LogP contribution in [0.4, 0.5) is 0 Å². The molecular weight excluding hydrogens is 278 g/mol. The minimum absolute atomic E-state index is 0.0895. The summed E-state index contributed by atoms with van der Waals surface area (Å²) in [5, 5.41) is 0. The largest absolute Gasteiger partial charge is 0.496 e. The number of hydrogen-bond acceptors (Lipinski definition) is 3. The summed E-state index contributed by atoms with van der Waals surface area (Å²) in [7, 11) is 1.69. The Morgan fingerprint density at radius 1 is 1.27 bits per heavy atom. The van der Waals surface area contributed by atoms with Gasteiger partial charge < -0.3 is 14.2 Å². The van der Waals surface area contributed by atoms with Gasteiger partial charge >= 0.3 is 0 Å². The van der Waals surface area contributed by atoms with Gasteiger partial charge in [-0.3, -0.25) is 0 Å². The Kier molecular flexibility index (Phi) is 3.31. The van der Waals surface area contributed by atoms with Crippen LogP contribution in [0.25, 0.3) is 0 Å². The average molecular weight is 296 g/mol. The highest BCUT2D eigenvalue weighted by atomic mass is 16.7. The van der Waals surface area contributed by atoms with Crippen molar-refractivity contribution < 1.29 is 18.8 Å². The minimum atomic E-state index is -0.111. The monoisotopic (exact) mass is 296 g/mol. The van der Waals surface area contributed by atoms with Crippen LogP contribution in [0.3, 0.4) is 0 Å². The van der Waals surface area contributed by atoms with Crippen molar-refractivity contribution in [2.75, 3.05) is 13.9 Å². The molecular formula is C18H18NO3+. The van der Waals surface area contributed by atoms with E-state index in [1.54, 1.807) is 7.11 Å². The number of allylic oxidation sites excluding steroid dienone is 2. The molecule has 1 aromatic rings. The zero-order valence-electron chi connectivity index (χ0n) is 12.4. The summed E-state index contributed by atoms with van der Waals surface area (Å²) >= 11 is 0. The van der Waals surface area contributed by atoms with E-state index in [1.807, 2.05) is 6.07 Å². The second kappa shape index (κ2) is 5.46. The molecule has 0 spiro atoms. The molecule has 1 aromatic carbocycles. The summed E-state index contributed by atoms with van der Waals surface area (Å²) in [6, 6.07) is 10.4. The van der Waals surface area contributed by atoms with Crippen LogP contribution in [0, 0.1) is 5.92 Å². The Labute approximate surface area is 129 Å². The first-order chi connectivity index (χ1) is 10.8. The van der Waals surface area contributed by atoms with Crippen molar-refractivity contribution in [3.05, 3.63) is 71.3 Å². The Balaban J connectivity index is 1.65. The molecule has 0 amide bonds. The molecule has 3 aliphatic rings. The van der Waals surface area contributed by atoms with Gasteiger partial charge in [-0.2, -0.15) is 0 Å². The quantitative estimate of drug-likeness (QED) is 0.803. The van der Waals surface area contributed by atoms with E-state index in [0.29, 0.717) is 6.79 Å². The summed E-state index contributed by atoms with van der Waals surface area (Å²) < 4.78 is 19.0. The molecule has 4 nitrogen and oxygen atoms in total. The highest BCUT2D eigenvalue weighted by Crippen LogP contribution is 2.36. The summed E-state index contributed by atoms with van der Waals surface area (Å²) in [5.74, 6) is 1.75. The molecule has 112 valence electrons. The van der Waals surface area contributed by atoms with Crippen molar-refractivity contribution in [1.29, 1.82) is 0 Å². The fraction of sp³-hybridized carbons (Fsp3) is 0.278. The number of ether oxygens (including phenoxy) is 3. The van der Waals surface area contributed by atoms with Crippen LogP contribution in [-0.4, -0.2) is 30.8 Å². The average Bonchev–Trinajstić information content (AvgIpc) is 3.01. The molecule has 0 radical (unpaired) electrons. The Morgan fingerprint density at radius 3 is 2.95 bits per heavy atom. The lowest BCUT2D eigenvalue weighted by molar-refractivity contribution is -0.472. The second-order valence-corrected chi connectivity index (χ2v) is 5.55. The molecule has 1 fully saturated rings. The molecule has 2 atom stereocenters. The van der Waals surface area contributed by atoms with Crippen LogP contribution < -0.4 is 0 Å². The van der Waals surface area contributed by atoms with Crippen molar-refractivity contribution in [2.24, 2.45) is 5.92 Å². The van der Waals surface area contributed by atoms with Gasteiger partial charge in [0, 0.05) is 11.6 Å². The van der Waals surface area contributed by atoms with E-state index in [9.17, 15) is 0 Å². The number of nitrogens with zero attached hydrogens (tertiary/aromatic N) is 1. The van der Waals surface area contributed by atoms with Crippen LogP contribution >= 0.6 is 0 Å². The van der Waals surface area contributed by atoms with Crippen molar-refractivity contribution in [1.82, 2.24) is 0 Å². The fourth-order valence-electron chi connectivity index (χ4n) is 3.11. The van der Waals surface area contributed by atoms with E-state index in [2.05, 4.69) is 53.4 Å². The van der Waals surface area contributed by atoms with Crippen molar-refractivity contribution in [3.8, 4) is 0 Å². The maximum absolute atomic E-state index is 5.62. The Morgan fingerprint density at radius 2 is 2.14 bits per heavy atom. The molecule has 2 aliphatic heterocycles. The summed E-state index contributed by atoms with van der Waals surface area (Å²) in [4.78, 5) is 0. The van der Waals surface area contributed by atoms with Crippen LogP contribution in [0.2, 0.25) is 0 Å². The first kappa shape index (κ1) is 13.3. The second-order valence-electron chi connectivity index (χ2n) is 5.55. The third-order valence-electron chi connectivity index (χ3n) is 4.18. The van der Waals surface area contributed by atoms with Gasteiger partial charge in [0.1, 0.15) is 12.0 Å². The van der Waals surface area contributed by atoms with E-state index >= 15 is 0 Å². The van der Waals surface area contributed by atoms with Gasteiger partial charge in [0.25, 0.3) is 0 Å². The zero-order chi connectivity index (χ0) is 14.9. The molecule has 0 N–H and O–H groups in total. The standard InChI is InChI=1S/C18H18NO3/c1-20-17-15-11-19(10-13-5-3-2-4-6-13)8-7-14(15)9-16-18(17)22-12-21-16/h2-9,11,15-16H,10,12H2,1H3/q+1/t15-,16-/m1/s1. The van der Waals surface area contributed by atoms with Crippen LogP contribution in [-0.2, 0) is 20.8 Å².